The van der Waals surface area contributed by atoms with E-state index in [9.17, 15) is 76.3 Å². The molecule has 3 aliphatic heterocycles. The first-order valence-electron chi connectivity index (χ1n) is 16.7. The molecule has 0 aliphatic carbocycles. The zero-order valence-electron chi connectivity index (χ0n) is 28.2. The molecule has 304 valence electrons. The van der Waals surface area contributed by atoms with Crippen LogP contribution in [0.25, 0.3) is 22.3 Å². The quantitative estimate of drug-likeness (QED) is 0.0853. The number of phenolic OH excluding ortho intramolecular Hbond substituents is 3. The zero-order chi connectivity index (χ0) is 40.0. The van der Waals surface area contributed by atoms with Gasteiger partial charge in [-0.15, -0.1) is 0 Å². The minimum Gasteiger partial charge on any atom is -0.507 e. The van der Waals surface area contributed by atoms with E-state index >= 15 is 0 Å². The smallest absolute Gasteiger partial charge is 0.239 e. The lowest BCUT2D eigenvalue weighted by Crippen LogP contribution is -2.62. The zero-order valence-corrected chi connectivity index (χ0v) is 28.2. The van der Waals surface area contributed by atoms with E-state index in [1.165, 1.54) is 6.07 Å². The van der Waals surface area contributed by atoms with Crippen molar-refractivity contribution in [1.82, 2.24) is 0 Å². The number of benzene rings is 2. The Morgan fingerprint density at radius 1 is 0.564 bits per heavy atom. The molecule has 0 amide bonds. The third-order valence-electron chi connectivity index (χ3n) is 9.42. The molecule has 3 saturated heterocycles. The van der Waals surface area contributed by atoms with Gasteiger partial charge < -0.3 is 104 Å². The van der Waals surface area contributed by atoms with Gasteiger partial charge in [0.2, 0.25) is 23.8 Å². The third-order valence-corrected chi connectivity index (χ3v) is 9.42. The number of aromatic hydroxyl groups is 3. The molecule has 55 heavy (non-hydrogen) atoms. The molecular weight excluding hydrogens is 748 g/mol. The number of fused-ring (bicyclic) bond motifs is 1. The van der Waals surface area contributed by atoms with Gasteiger partial charge in [0.25, 0.3) is 0 Å². The van der Waals surface area contributed by atoms with Gasteiger partial charge in [-0.05, 0) is 18.2 Å². The van der Waals surface area contributed by atoms with Crippen molar-refractivity contribution in [2.75, 3.05) is 19.8 Å². The molecule has 3 fully saturated rings. The average molecular weight is 789 g/mol. The van der Waals surface area contributed by atoms with Gasteiger partial charge in [-0.25, -0.2) is 0 Å². The lowest BCUT2D eigenvalue weighted by Gasteiger charge is -2.42. The van der Waals surface area contributed by atoms with Gasteiger partial charge in [0.1, 0.15) is 95.7 Å². The second-order valence-electron chi connectivity index (χ2n) is 13.1. The fourth-order valence-corrected chi connectivity index (χ4v) is 6.25. The maximum absolute atomic E-state index is 13.9. The molecule has 1 aromatic heterocycles. The maximum Gasteiger partial charge on any atom is 0.239 e. The van der Waals surface area contributed by atoms with Gasteiger partial charge in [-0.2, -0.15) is 0 Å². The van der Waals surface area contributed by atoms with Gasteiger partial charge in [-0.3, -0.25) is 4.79 Å². The summed E-state index contributed by atoms with van der Waals surface area (Å²) in [5.41, 5.74) is -1.68. The molecular formula is C33H40O22. The number of aliphatic hydroxyl groups is 11. The summed E-state index contributed by atoms with van der Waals surface area (Å²) in [6.07, 6.45) is -26.3. The SMILES string of the molecule is O=c1c(OC2O[C@H](CO)[C@@H](O)[C@H](O)[C@H]2O)c(-c2ccc(O)c(O)c2)oc2cc(O[C@H]3O[C@H](CO[C@H]4O[C@H](CO)[C@@H](O)[C@H](O)[C@H]4O)[C@@H](O)[C@H](O)[C@H]3O)cc(O)c12. The Morgan fingerprint density at radius 3 is 1.67 bits per heavy atom. The fourth-order valence-electron chi connectivity index (χ4n) is 6.25. The molecule has 4 heterocycles. The predicted molar refractivity (Wildman–Crippen MR) is 174 cm³/mol. The molecule has 15 atom stereocenters. The second kappa shape index (κ2) is 16.3. The molecule has 6 rings (SSSR count). The topological polar surface area (TPSA) is 369 Å². The van der Waals surface area contributed by atoms with Crippen molar-refractivity contribution in [3.8, 4) is 40.1 Å². The van der Waals surface area contributed by atoms with E-state index < -0.39 is 157 Å². The molecule has 3 aliphatic rings. The van der Waals surface area contributed by atoms with Crippen LogP contribution < -0.4 is 14.9 Å². The van der Waals surface area contributed by atoms with Crippen LogP contribution in [0.1, 0.15) is 0 Å². The normalized spacial score (nSPS) is 36.8. The lowest BCUT2D eigenvalue weighted by atomic mass is 9.98. The molecule has 0 bridgehead atoms. The number of ether oxygens (including phenoxy) is 6. The van der Waals surface area contributed by atoms with Gasteiger partial charge >= 0.3 is 0 Å². The van der Waals surface area contributed by atoms with Crippen LogP contribution in [0, 0.1) is 0 Å². The van der Waals surface area contributed by atoms with Crippen molar-refractivity contribution in [2.24, 2.45) is 0 Å². The van der Waals surface area contributed by atoms with Crippen LogP contribution in [0.3, 0.4) is 0 Å². The van der Waals surface area contributed by atoms with E-state index in [2.05, 4.69) is 0 Å². The first-order valence-corrected chi connectivity index (χ1v) is 16.7. The van der Waals surface area contributed by atoms with E-state index in [1.807, 2.05) is 0 Å². The molecule has 22 nitrogen and oxygen atoms in total. The van der Waals surface area contributed by atoms with E-state index in [1.54, 1.807) is 0 Å². The molecule has 2 aromatic carbocycles. The third kappa shape index (κ3) is 7.76. The Hall–Kier alpha value is -3.95. The highest BCUT2D eigenvalue weighted by atomic mass is 16.7. The van der Waals surface area contributed by atoms with E-state index in [0.29, 0.717) is 0 Å². The van der Waals surface area contributed by atoms with Gasteiger partial charge in [0.15, 0.2) is 23.5 Å². The fraction of sp³-hybridized carbons (Fsp3) is 0.545. The Morgan fingerprint density at radius 2 is 1.09 bits per heavy atom. The first-order chi connectivity index (χ1) is 26.1. The molecule has 0 radical (unpaired) electrons. The van der Waals surface area contributed by atoms with Crippen molar-refractivity contribution >= 4 is 11.0 Å². The second-order valence-corrected chi connectivity index (χ2v) is 13.1. The Balaban J connectivity index is 1.30. The van der Waals surface area contributed by atoms with Crippen LogP contribution in [0.4, 0.5) is 0 Å². The van der Waals surface area contributed by atoms with Gasteiger partial charge in [-0.1, -0.05) is 0 Å². The number of rotatable bonds is 10. The number of phenols is 3. The highest BCUT2D eigenvalue weighted by Crippen LogP contribution is 2.40. The summed E-state index contributed by atoms with van der Waals surface area (Å²) in [5.74, 6) is -3.69. The van der Waals surface area contributed by atoms with Crippen molar-refractivity contribution in [1.29, 1.82) is 0 Å². The standard InChI is InChI=1S/C33H40O22/c34-6-15-19(39)23(43)26(46)31(52-15)49-8-17-21(41)25(45)27(47)32(54-17)50-10-4-13(38)18-14(5-10)51-29(9-1-2-11(36)12(37)3-9)30(22(18)42)55-33-28(48)24(44)20(40)16(7-35)53-33/h1-5,15-17,19-21,23-28,31-41,43-48H,6-8H2/t15-,16-,17-,19-,20-,21-,23+,24+,25+,26-,27-,28-,31+,32+,33?/m1/s1. The highest BCUT2D eigenvalue weighted by Gasteiger charge is 2.49. The van der Waals surface area contributed by atoms with Crippen LogP contribution in [0.2, 0.25) is 0 Å². The summed E-state index contributed by atoms with van der Waals surface area (Å²) >= 11 is 0. The molecule has 22 heteroatoms. The van der Waals surface area contributed by atoms with Crippen molar-refractivity contribution < 1.29 is 104 Å². The molecule has 3 aromatic rings. The molecule has 14 N–H and O–H groups in total. The van der Waals surface area contributed by atoms with Crippen molar-refractivity contribution in [3.05, 3.63) is 40.6 Å². The summed E-state index contributed by atoms with van der Waals surface area (Å²) in [6.45, 7) is -2.26. The summed E-state index contributed by atoms with van der Waals surface area (Å²) < 4.78 is 38.9. The predicted octanol–water partition coefficient (Wildman–Crippen LogP) is -5.24. The highest BCUT2D eigenvalue weighted by molar-refractivity contribution is 5.88. The Kier molecular flexibility index (Phi) is 12.0. The van der Waals surface area contributed by atoms with E-state index in [0.717, 1.165) is 24.3 Å². The molecule has 0 spiro atoms. The maximum atomic E-state index is 13.9. The van der Waals surface area contributed by atoms with Crippen molar-refractivity contribution in [2.45, 2.75) is 92.1 Å². The van der Waals surface area contributed by atoms with Gasteiger partial charge in [0, 0.05) is 17.7 Å². The average Bonchev–Trinajstić information content (AvgIpc) is 3.16. The lowest BCUT2D eigenvalue weighted by molar-refractivity contribution is -0.323. The van der Waals surface area contributed by atoms with Crippen LogP contribution in [0.15, 0.2) is 39.5 Å². The summed E-state index contributed by atoms with van der Waals surface area (Å²) in [6, 6.07) is 5.08. The summed E-state index contributed by atoms with van der Waals surface area (Å²) in [4.78, 5) is 13.9. The monoisotopic (exact) mass is 788 g/mol. The largest absolute Gasteiger partial charge is 0.507 e. The summed E-state index contributed by atoms with van der Waals surface area (Å²) in [7, 11) is 0. The van der Waals surface area contributed by atoms with Crippen LogP contribution >= 0.6 is 0 Å². The first kappa shape index (κ1) is 40.7. The number of hydrogen-bond donors (Lipinski definition) is 14. The summed E-state index contributed by atoms with van der Waals surface area (Å²) in [5, 5.41) is 143. The van der Waals surface area contributed by atoms with Gasteiger partial charge in [0.05, 0.1) is 19.8 Å². The van der Waals surface area contributed by atoms with Crippen molar-refractivity contribution in [3.63, 3.8) is 0 Å². The van der Waals surface area contributed by atoms with Crippen LogP contribution in [-0.2, 0) is 18.9 Å². The number of hydrogen-bond acceptors (Lipinski definition) is 22. The van der Waals surface area contributed by atoms with E-state index in [-0.39, 0.29) is 11.3 Å². The molecule has 1 unspecified atom stereocenters. The van der Waals surface area contributed by atoms with Crippen LogP contribution in [0.5, 0.6) is 28.7 Å². The number of aliphatic hydroxyl groups excluding tert-OH is 11. The minimum atomic E-state index is -1.99. The Bertz CT molecular complexity index is 1870. The Labute approximate surface area is 307 Å². The molecule has 0 saturated carbocycles. The van der Waals surface area contributed by atoms with Crippen LogP contribution in [-0.4, -0.2) is 183 Å². The van der Waals surface area contributed by atoms with E-state index in [4.69, 9.17) is 32.8 Å². The minimum absolute atomic E-state index is 0.120.